The number of primary amides is 1. The molecule has 0 unspecified atom stereocenters. The first-order valence-electron chi connectivity index (χ1n) is 8.83. The molecule has 0 aliphatic heterocycles. The van der Waals surface area contributed by atoms with Crippen molar-refractivity contribution in [2.45, 2.75) is 25.1 Å². The highest BCUT2D eigenvalue weighted by atomic mass is 32.2. The Morgan fingerprint density at radius 2 is 1.81 bits per heavy atom. The van der Waals surface area contributed by atoms with Gasteiger partial charge in [0.15, 0.2) is 0 Å². The molecular weight excluding hydrogens is 360 g/mol. The molecule has 0 fully saturated rings. The van der Waals surface area contributed by atoms with Crippen LogP contribution in [0.15, 0.2) is 48.5 Å². The van der Waals surface area contributed by atoms with Crippen LogP contribution in [0.4, 0.5) is 0 Å². The van der Waals surface area contributed by atoms with E-state index in [1.54, 1.807) is 35.9 Å². The van der Waals surface area contributed by atoms with Crippen LogP contribution in [0.25, 0.3) is 0 Å². The van der Waals surface area contributed by atoms with E-state index in [-0.39, 0.29) is 5.91 Å². The molecule has 2 aromatic carbocycles. The summed E-state index contributed by atoms with van der Waals surface area (Å²) in [6, 6.07) is 15.1. The Bertz CT molecular complexity index is 762. The standard InChI is InChI=1S/C21H26N2O3S/c1-23(14-18-6-3-4-7-19(18)26-2)20(24)8-5-13-27-15-16-9-11-17(12-10-16)21(22)25/h3-4,6-7,9-12H,5,8,13-15H2,1-2H3,(H2,22,25). The molecule has 0 heterocycles. The first kappa shape index (κ1) is 20.8. The Morgan fingerprint density at radius 1 is 1.11 bits per heavy atom. The van der Waals surface area contributed by atoms with E-state index in [1.165, 1.54) is 0 Å². The summed E-state index contributed by atoms with van der Waals surface area (Å²) in [5.41, 5.74) is 7.90. The van der Waals surface area contributed by atoms with Crippen molar-refractivity contribution in [1.82, 2.24) is 4.90 Å². The number of nitrogens with zero attached hydrogens (tertiary/aromatic N) is 1. The largest absolute Gasteiger partial charge is 0.496 e. The molecule has 27 heavy (non-hydrogen) atoms. The molecule has 0 bridgehead atoms. The molecule has 0 saturated heterocycles. The van der Waals surface area contributed by atoms with E-state index in [2.05, 4.69) is 0 Å². The molecular formula is C21H26N2O3S. The lowest BCUT2D eigenvalue weighted by Crippen LogP contribution is -2.26. The molecule has 144 valence electrons. The number of hydrogen-bond donors (Lipinski definition) is 1. The third-order valence-electron chi connectivity index (χ3n) is 4.21. The van der Waals surface area contributed by atoms with Crippen LogP contribution in [-0.4, -0.2) is 36.6 Å². The van der Waals surface area contributed by atoms with Gasteiger partial charge >= 0.3 is 0 Å². The number of nitrogens with two attached hydrogens (primary N) is 1. The Kier molecular flexibility index (Phi) is 8.20. The zero-order valence-electron chi connectivity index (χ0n) is 15.8. The van der Waals surface area contributed by atoms with Crippen molar-refractivity contribution in [3.05, 3.63) is 65.2 Å². The highest BCUT2D eigenvalue weighted by Gasteiger charge is 2.11. The number of rotatable bonds is 10. The van der Waals surface area contributed by atoms with Gasteiger partial charge in [0.25, 0.3) is 0 Å². The van der Waals surface area contributed by atoms with Crippen LogP contribution in [0.2, 0.25) is 0 Å². The monoisotopic (exact) mass is 386 g/mol. The normalized spacial score (nSPS) is 10.4. The zero-order chi connectivity index (χ0) is 19.6. The maximum absolute atomic E-state index is 12.3. The van der Waals surface area contributed by atoms with Crippen molar-refractivity contribution >= 4 is 23.6 Å². The summed E-state index contributed by atoms with van der Waals surface area (Å²) >= 11 is 1.78. The molecule has 2 N–H and O–H groups in total. The van der Waals surface area contributed by atoms with Gasteiger partial charge in [-0.15, -0.1) is 0 Å². The van der Waals surface area contributed by atoms with Crippen LogP contribution >= 0.6 is 11.8 Å². The molecule has 5 nitrogen and oxygen atoms in total. The van der Waals surface area contributed by atoms with Crippen LogP contribution < -0.4 is 10.5 Å². The summed E-state index contributed by atoms with van der Waals surface area (Å²) in [5.74, 6) is 2.28. The smallest absolute Gasteiger partial charge is 0.248 e. The Labute approximate surface area is 164 Å². The van der Waals surface area contributed by atoms with E-state index < -0.39 is 5.91 Å². The Hall–Kier alpha value is -2.47. The average molecular weight is 387 g/mol. The Balaban J connectivity index is 1.68. The quantitative estimate of drug-likeness (QED) is 0.635. The first-order chi connectivity index (χ1) is 13.0. The van der Waals surface area contributed by atoms with E-state index in [9.17, 15) is 9.59 Å². The summed E-state index contributed by atoms with van der Waals surface area (Å²) in [6.07, 6.45) is 1.36. The molecule has 2 amide bonds. The Morgan fingerprint density at radius 3 is 2.48 bits per heavy atom. The average Bonchev–Trinajstić information content (AvgIpc) is 2.68. The molecule has 0 aromatic heterocycles. The van der Waals surface area contributed by atoms with Crippen molar-refractivity contribution in [2.24, 2.45) is 5.73 Å². The summed E-state index contributed by atoms with van der Waals surface area (Å²) in [4.78, 5) is 25.1. The topological polar surface area (TPSA) is 72.6 Å². The van der Waals surface area contributed by atoms with Gasteiger partial charge in [-0.05, 0) is 35.9 Å². The summed E-state index contributed by atoms with van der Waals surface area (Å²) < 4.78 is 5.33. The minimum atomic E-state index is -0.412. The minimum absolute atomic E-state index is 0.132. The maximum atomic E-state index is 12.3. The highest BCUT2D eigenvalue weighted by molar-refractivity contribution is 7.98. The third kappa shape index (κ3) is 6.64. The molecule has 0 atom stereocenters. The fourth-order valence-corrected chi connectivity index (χ4v) is 3.57. The summed E-state index contributed by atoms with van der Waals surface area (Å²) in [5, 5.41) is 0. The molecule has 0 aliphatic rings. The maximum Gasteiger partial charge on any atom is 0.248 e. The molecule has 0 saturated carbocycles. The molecule has 6 heteroatoms. The fourth-order valence-electron chi connectivity index (χ4n) is 2.65. The molecule has 0 spiro atoms. The van der Waals surface area contributed by atoms with Crippen LogP contribution in [0.1, 0.15) is 34.3 Å². The van der Waals surface area contributed by atoms with Crippen LogP contribution in [0.5, 0.6) is 5.75 Å². The van der Waals surface area contributed by atoms with E-state index in [4.69, 9.17) is 10.5 Å². The highest BCUT2D eigenvalue weighted by Crippen LogP contribution is 2.19. The molecule has 0 radical (unpaired) electrons. The second-order valence-corrected chi connectivity index (χ2v) is 7.38. The minimum Gasteiger partial charge on any atom is -0.496 e. The number of thioether (sulfide) groups is 1. The number of para-hydroxylation sites is 1. The van der Waals surface area contributed by atoms with Crippen molar-refractivity contribution in [3.8, 4) is 5.75 Å². The number of carbonyl (C=O) groups excluding carboxylic acids is 2. The SMILES string of the molecule is COc1ccccc1CN(C)C(=O)CCCSCc1ccc(C(N)=O)cc1. The lowest BCUT2D eigenvalue weighted by molar-refractivity contribution is -0.130. The number of amides is 2. The van der Waals surface area contributed by atoms with Gasteiger partial charge in [-0.3, -0.25) is 9.59 Å². The van der Waals surface area contributed by atoms with Gasteiger partial charge in [-0.25, -0.2) is 0 Å². The van der Waals surface area contributed by atoms with Gasteiger partial charge in [-0.2, -0.15) is 11.8 Å². The van der Waals surface area contributed by atoms with Gasteiger partial charge in [0.1, 0.15) is 5.75 Å². The van der Waals surface area contributed by atoms with Crippen LogP contribution in [0, 0.1) is 0 Å². The van der Waals surface area contributed by atoms with Crippen molar-refractivity contribution in [2.75, 3.05) is 19.9 Å². The lowest BCUT2D eigenvalue weighted by atomic mass is 10.1. The fraction of sp³-hybridized carbons (Fsp3) is 0.333. The number of carbonyl (C=O) groups is 2. The van der Waals surface area contributed by atoms with Gasteiger partial charge in [-0.1, -0.05) is 30.3 Å². The van der Waals surface area contributed by atoms with Gasteiger partial charge in [0, 0.05) is 36.9 Å². The number of hydrogen-bond acceptors (Lipinski definition) is 4. The van der Waals surface area contributed by atoms with Gasteiger partial charge < -0.3 is 15.4 Å². The molecule has 2 aromatic rings. The second kappa shape index (κ2) is 10.6. The lowest BCUT2D eigenvalue weighted by Gasteiger charge is -2.18. The van der Waals surface area contributed by atoms with Crippen molar-refractivity contribution < 1.29 is 14.3 Å². The van der Waals surface area contributed by atoms with Crippen molar-refractivity contribution in [1.29, 1.82) is 0 Å². The summed E-state index contributed by atoms with van der Waals surface area (Å²) in [7, 11) is 3.46. The number of benzene rings is 2. The molecule has 0 aliphatic carbocycles. The first-order valence-corrected chi connectivity index (χ1v) is 9.99. The van der Waals surface area contributed by atoms with Gasteiger partial charge in [0.05, 0.1) is 7.11 Å². The van der Waals surface area contributed by atoms with Crippen molar-refractivity contribution in [3.63, 3.8) is 0 Å². The van der Waals surface area contributed by atoms with E-state index in [0.29, 0.717) is 18.5 Å². The number of ether oxygens (including phenoxy) is 1. The number of methoxy groups -OCH3 is 1. The third-order valence-corrected chi connectivity index (χ3v) is 5.33. The predicted molar refractivity (Wildman–Crippen MR) is 110 cm³/mol. The van der Waals surface area contributed by atoms with E-state index >= 15 is 0 Å². The predicted octanol–water partition coefficient (Wildman–Crippen LogP) is 3.47. The molecule has 2 rings (SSSR count). The second-order valence-electron chi connectivity index (χ2n) is 6.28. The van der Waals surface area contributed by atoms with Gasteiger partial charge in [0.2, 0.25) is 11.8 Å². The van der Waals surface area contributed by atoms with Crippen LogP contribution in [-0.2, 0) is 17.1 Å². The van der Waals surface area contributed by atoms with E-state index in [0.717, 1.165) is 34.8 Å². The van der Waals surface area contributed by atoms with Crippen LogP contribution in [0.3, 0.4) is 0 Å². The zero-order valence-corrected chi connectivity index (χ0v) is 16.6. The van der Waals surface area contributed by atoms with E-state index in [1.807, 2.05) is 43.4 Å². The summed E-state index contributed by atoms with van der Waals surface area (Å²) in [6.45, 7) is 0.544.